The fraction of sp³-hybridized carbons (Fsp3) is 0.846. The lowest BCUT2D eigenvalue weighted by molar-refractivity contribution is -0.108. The molecule has 0 aromatic rings. The first-order chi connectivity index (χ1) is 7.90. The van der Waals surface area contributed by atoms with Gasteiger partial charge in [-0.3, -0.25) is 0 Å². The van der Waals surface area contributed by atoms with Gasteiger partial charge in [-0.05, 0) is 52.4 Å². The molecule has 0 aliphatic heterocycles. The van der Waals surface area contributed by atoms with Crippen molar-refractivity contribution in [1.29, 1.82) is 0 Å². The van der Waals surface area contributed by atoms with Crippen LogP contribution in [-0.2, 0) is 9.53 Å². The number of ether oxygens (including phenoxy) is 1. The molecule has 1 rings (SSSR count). The van der Waals surface area contributed by atoms with Gasteiger partial charge in [-0.1, -0.05) is 0 Å². The predicted molar refractivity (Wildman–Crippen MR) is 68.9 cm³/mol. The third-order valence-electron chi connectivity index (χ3n) is 2.97. The van der Waals surface area contributed by atoms with Gasteiger partial charge in [0.15, 0.2) is 0 Å². The molecule has 98 valence electrons. The van der Waals surface area contributed by atoms with Crippen molar-refractivity contribution in [2.45, 2.75) is 64.5 Å². The topological polar surface area (TPSA) is 64.7 Å². The molecule has 0 heterocycles. The third-order valence-corrected chi connectivity index (χ3v) is 2.97. The number of amidine groups is 1. The number of aliphatic imine (C=N–C) groups is 1. The van der Waals surface area contributed by atoms with Crippen LogP contribution in [-0.4, -0.2) is 24.0 Å². The maximum absolute atomic E-state index is 10.4. The summed E-state index contributed by atoms with van der Waals surface area (Å²) in [4.78, 5) is 14.8. The van der Waals surface area contributed by atoms with Crippen molar-refractivity contribution in [3.05, 3.63) is 0 Å². The Morgan fingerprint density at radius 3 is 2.41 bits per heavy atom. The number of hydrogen-bond donors (Lipinski definition) is 1. The lowest BCUT2D eigenvalue weighted by atomic mass is 9.85. The van der Waals surface area contributed by atoms with Crippen molar-refractivity contribution in [2.75, 3.05) is 0 Å². The molecule has 1 saturated carbocycles. The Labute approximate surface area is 104 Å². The summed E-state index contributed by atoms with van der Waals surface area (Å²) in [6, 6.07) is 0.552. The van der Waals surface area contributed by atoms with Gasteiger partial charge in [0.1, 0.15) is 11.9 Å². The Bertz CT molecular complexity index is 274. The van der Waals surface area contributed by atoms with E-state index in [1.165, 1.54) is 0 Å². The molecule has 0 spiro atoms. The van der Waals surface area contributed by atoms with Crippen molar-refractivity contribution in [3.63, 3.8) is 0 Å². The van der Waals surface area contributed by atoms with Gasteiger partial charge in [-0.25, -0.2) is 4.99 Å². The molecule has 4 heteroatoms. The Balaban J connectivity index is 2.38. The first-order valence-corrected chi connectivity index (χ1v) is 6.36. The molecule has 0 unspecified atom stereocenters. The summed E-state index contributed by atoms with van der Waals surface area (Å²) in [6.45, 7) is 5.86. The van der Waals surface area contributed by atoms with E-state index < -0.39 is 0 Å². The summed E-state index contributed by atoms with van der Waals surface area (Å²) in [5.74, 6) is 0.545. The van der Waals surface area contributed by atoms with Crippen LogP contribution in [0.5, 0.6) is 0 Å². The third kappa shape index (κ3) is 5.71. The maximum atomic E-state index is 10.4. The molecule has 0 aromatic heterocycles. The van der Waals surface area contributed by atoms with Gasteiger partial charge >= 0.3 is 0 Å². The smallest absolute Gasteiger partial charge is 0.282 e. The predicted octanol–water partition coefficient (Wildman–Crippen LogP) is 2.26. The van der Waals surface area contributed by atoms with E-state index >= 15 is 0 Å². The Morgan fingerprint density at radius 1 is 1.35 bits per heavy atom. The maximum Gasteiger partial charge on any atom is 0.282 e. The Morgan fingerprint density at radius 2 is 1.94 bits per heavy atom. The van der Waals surface area contributed by atoms with E-state index in [1.807, 2.05) is 20.8 Å². The SMILES string of the molecule is CC(C)(C)OC(N)=NC1CCC(CC=O)CC1. The lowest BCUT2D eigenvalue weighted by Gasteiger charge is -2.26. The van der Waals surface area contributed by atoms with Crippen molar-refractivity contribution in [3.8, 4) is 0 Å². The minimum Gasteiger partial charge on any atom is -0.460 e. The summed E-state index contributed by atoms with van der Waals surface area (Å²) in [7, 11) is 0. The highest BCUT2D eigenvalue weighted by molar-refractivity contribution is 5.72. The summed E-state index contributed by atoms with van der Waals surface area (Å²) >= 11 is 0. The minimum atomic E-state index is -0.289. The van der Waals surface area contributed by atoms with Crippen LogP contribution in [0.25, 0.3) is 0 Å². The number of carbonyl (C=O) groups is 1. The van der Waals surface area contributed by atoms with Crippen LogP contribution in [0.1, 0.15) is 52.9 Å². The Hall–Kier alpha value is -1.06. The first-order valence-electron chi connectivity index (χ1n) is 6.36. The highest BCUT2D eigenvalue weighted by Gasteiger charge is 2.21. The Kier molecular flexibility index (Phi) is 4.97. The summed E-state index contributed by atoms with van der Waals surface area (Å²) < 4.78 is 5.49. The standard InChI is InChI=1S/C13H24N2O2/c1-13(2,3)17-12(14)15-11-6-4-10(5-7-11)8-9-16/h9-11H,4-8H2,1-3H3,(H2,14,15). The van der Waals surface area contributed by atoms with Crippen LogP contribution >= 0.6 is 0 Å². The average Bonchev–Trinajstić information content (AvgIpc) is 2.18. The average molecular weight is 240 g/mol. The zero-order chi connectivity index (χ0) is 12.9. The second-order valence-electron chi connectivity index (χ2n) is 5.76. The normalized spacial score (nSPS) is 26.6. The molecule has 1 fully saturated rings. The number of rotatable bonds is 3. The van der Waals surface area contributed by atoms with E-state index in [4.69, 9.17) is 10.5 Å². The van der Waals surface area contributed by atoms with E-state index in [2.05, 4.69) is 4.99 Å². The van der Waals surface area contributed by atoms with Gasteiger partial charge < -0.3 is 15.3 Å². The van der Waals surface area contributed by atoms with Gasteiger partial charge in [-0.15, -0.1) is 0 Å². The number of aldehydes is 1. The molecule has 0 aromatic carbocycles. The van der Waals surface area contributed by atoms with Crippen molar-refractivity contribution in [2.24, 2.45) is 16.6 Å². The highest BCUT2D eigenvalue weighted by Crippen LogP contribution is 2.28. The molecule has 0 bridgehead atoms. The summed E-state index contributed by atoms with van der Waals surface area (Å²) in [5.41, 5.74) is 5.47. The largest absolute Gasteiger partial charge is 0.460 e. The van der Waals surface area contributed by atoms with Crippen LogP contribution in [0, 0.1) is 5.92 Å². The van der Waals surface area contributed by atoms with E-state index in [9.17, 15) is 4.79 Å². The fourth-order valence-electron chi connectivity index (χ4n) is 2.17. The van der Waals surface area contributed by atoms with Crippen molar-refractivity contribution in [1.82, 2.24) is 0 Å². The molecular formula is C13H24N2O2. The van der Waals surface area contributed by atoms with Gasteiger partial charge in [-0.2, -0.15) is 0 Å². The molecule has 0 amide bonds. The molecule has 2 N–H and O–H groups in total. The number of hydrogen-bond acceptors (Lipinski definition) is 3. The van der Waals surface area contributed by atoms with Crippen molar-refractivity contribution >= 4 is 12.3 Å². The summed E-state index contributed by atoms with van der Waals surface area (Å²) in [5, 5.41) is 0. The lowest BCUT2D eigenvalue weighted by Crippen LogP contribution is -2.31. The molecule has 0 saturated heterocycles. The van der Waals surface area contributed by atoms with Crippen molar-refractivity contribution < 1.29 is 9.53 Å². The molecular weight excluding hydrogens is 216 g/mol. The molecule has 1 aliphatic rings. The van der Waals surface area contributed by atoms with Crippen LogP contribution < -0.4 is 5.73 Å². The minimum absolute atomic E-state index is 0.264. The molecule has 0 atom stereocenters. The molecule has 17 heavy (non-hydrogen) atoms. The van der Waals surface area contributed by atoms with Crippen LogP contribution in [0.2, 0.25) is 0 Å². The summed E-state index contributed by atoms with van der Waals surface area (Å²) in [6.07, 6.45) is 5.85. The van der Waals surface area contributed by atoms with E-state index in [0.29, 0.717) is 12.3 Å². The first kappa shape index (κ1) is 14.0. The number of nitrogens with two attached hydrogens (primary N) is 1. The van der Waals surface area contributed by atoms with Crippen LogP contribution in [0.4, 0.5) is 0 Å². The molecule has 0 radical (unpaired) electrons. The van der Waals surface area contributed by atoms with E-state index in [0.717, 1.165) is 32.0 Å². The van der Waals surface area contributed by atoms with Crippen LogP contribution in [0.3, 0.4) is 0 Å². The van der Waals surface area contributed by atoms with Crippen LogP contribution in [0.15, 0.2) is 4.99 Å². The number of nitrogens with zero attached hydrogens (tertiary/aromatic N) is 1. The van der Waals surface area contributed by atoms with E-state index in [-0.39, 0.29) is 17.7 Å². The fourth-order valence-corrected chi connectivity index (χ4v) is 2.17. The molecule has 4 nitrogen and oxygen atoms in total. The highest BCUT2D eigenvalue weighted by atomic mass is 16.5. The monoisotopic (exact) mass is 240 g/mol. The zero-order valence-electron chi connectivity index (χ0n) is 11.1. The van der Waals surface area contributed by atoms with Gasteiger partial charge in [0, 0.05) is 6.42 Å². The van der Waals surface area contributed by atoms with Gasteiger partial charge in [0.05, 0.1) is 6.04 Å². The zero-order valence-corrected chi connectivity index (χ0v) is 11.1. The van der Waals surface area contributed by atoms with Gasteiger partial charge in [0.2, 0.25) is 0 Å². The van der Waals surface area contributed by atoms with Gasteiger partial charge in [0.25, 0.3) is 6.02 Å². The number of carbonyl (C=O) groups excluding carboxylic acids is 1. The van der Waals surface area contributed by atoms with E-state index in [1.54, 1.807) is 0 Å². The quantitative estimate of drug-likeness (QED) is 0.467. The molecule has 1 aliphatic carbocycles. The second-order valence-corrected chi connectivity index (χ2v) is 5.76. The second kappa shape index (κ2) is 6.03.